The first-order chi connectivity index (χ1) is 10.3. The number of aromatic nitrogens is 2. The molecule has 0 bridgehead atoms. The summed E-state index contributed by atoms with van der Waals surface area (Å²) in [6.07, 6.45) is 1.53. The van der Waals surface area contributed by atoms with Crippen molar-refractivity contribution >= 4 is 10.2 Å². The SMILES string of the molecule is COC1CCN(S(=O)(=O)N[C@H](C)c2nc(C(C)C)no2)CC1. The van der Waals surface area contributed by atoms with Gasteiger partial charge in [-0.15, -0.1) is 0 Å². The molecule has 0 spiro atoms. The molecule has 0 unspecified atom stereocenters. The molecule has 126 valence electrons. The lowest BCUT2D eigenvalue weighted by Crippen LogP contribution is -2.46. The van der Waals surface area contributed by atoms with Crippen molar-refractivity contribution in [3.8, 4) is 0 Å². The number of nitrogens with zero attached hydrogens (tertiary/aromatic N) is 3. The number of piperidine rings is 1. The van der Waals surface area contributed by atoms with Gasteiger partial charge in [-0.1, -0.05) is 19.0 Å². The fraction of sp³-hybridized carbons (Fsp3) is 0.846. The summed E-state index contributed by atoms with van der Waals surface area (Å²) in [6.45, 7) is 6.48. The Balaban J connectivity index is 1.98. The first-order valence-electron chi connectivity index (χ1n) is 7.47. The Kier molecular flexibility index (Phi) is 5.54. The van der Waals surface area contributed by atoms with Crippen molar-refractivity contribution in [2.24, 2.45) is 0 Å². The number of hydrogen-bond donors (Lipinski definition) is 1. The summed E-state index contributed by atoms with van der Waals surface area (Å²) in [4.78, 5) is 4.22. The van der Waals surface area contributed by atoms with E-state index >= 15 is 0 Å². The number of rotatable bonds is 6. The molecule has 9 heteroatoms. The molecule has 1 atom stereocenters. The summed E-state index contributed by atoms with van der Waals surface area (Å²) >= 11 is 0. The predicted octanol–water partition coefficient (Wildman–Crippen LogP) is 1.20. The van der Waals surface area contributed by atoms with Gasteiger partial charge >= 0.3 is 0 Å². The van der Waals surface area contributed by atoms with Crippen LogP contribution < -0.4 is 4.72 Å². The van der Waals surface area contributed by atoms with Gasteiger partial charge < -0.3 is 9.26 Å². The van der Waals surface area contributed by atoms with Gasteiger partial charge in [0.1, 0.15) is 0 Å². The summed E-state index contributed by atoms with van der Waals surface area (Å²) in [6, 6.07) is -0.565. The quantitative estimate of drug-likeness (QED) is 0.840. The van der Waals surface area contributed by atoms with Crippen LogP contribution in [-0.4, -0.2) is 49.2 Å². The van der Waals surface area contributed by atoms with E-state index in [4.69, 9.17) is 9.26 Å². The van der Waals surface area contributed by atoms with Crippen molar-refractivity contribution in [3.05, 3.63) is 11.7 Å². The minimum atomic E-state index is -3.57. The molecule has 0 aromatic carbocycles. The first-order valence-corrected chi connectivity index (χ1v) is 8.91. The molecule has 1 aliphatic rings. The van der Waals surface area contributed by atoms with Crippen LogP contribution >= 0.6 is 0 Å². The number of ether oxygens (including phenoxy) is 1. The lowest BCUT2D eigenvalue weighted by Gasteiger charge is -2.30. The topological polar surface area (TPSA) is 97.6 Å². The molecule has 8 nitrogen and oxygen atoms in total. The summed E-state index contributed by atoms with van der Waals surface area (Å²) < 4.78 is 39.2. The average molecular weight is 332 g/mol. The summed E-state index contributed by atoms with van der Waals surface area (Å²) in [5.74, 6) is 0.982. The van der Waals surface area contributed by atoms with E-state index in [1.54, 1.807) is 14.0 Å². The number of hydrogen-bond acceptors (Lipinski definition) is 6. The maximum Gasteiger partial charge on any atom is 0.280 e. The van der Waals surface area contributed by atoms with Gasteiger partial charge in [-0.2, -0.15) is 22.4 Å². The maximum absolute atomic E-state index is 12.4. The predicted molar refractivity (Wildman–Crippen MR) is 80.5 cm³/mol. The molecule has 2 heterocycles. The zero-order valence-corrected chi connectivity index (χ0v) is 14.3. The van der Waals surface area contributed by atoms with Crippen molar-refractivity contribution in [2.45, 2.75) is 51.7 Å². The first kappa shape index (κ1) is 17.3. The van der Waals surface area contributed by atoms with Crippen molar-refractivity contribution in [2.75, 3.05) is 20.2 Å². The van der Waals surface area contributed by atoms with Crippen LogP contribution in [0.25, 0.3) is 0 Å². The Hall–Kier alpha value is -1.03. The molecule has 0 radical (unpaired) electrons. The normalized spacial score (nSPS) is 19.7. The van der Waals surface area contributed by atoms with Crippen LogP contribution in [0, 0.1) is 0 Å². The highest BCUT2D eigenvalue weighted by atomic mass is 32.2. The summed E-state index contributed by atoms with van der Waals surface area (Å²) in [5, 5.41) is 3.85. The molecule has 0 saturated carbocycles. The van der Waals surface area contributed by atoms with E-state index in [0.717, 1.165) is 0 Å². The van der Waals surface area contributed by atoms with Crippen molar-refractivity contribution in [1.82, 2.24) is 19.2 Å². The molecule has 2 rings (SSSR count). The third-order valence-corrected chi connectivity index (χ3v) is 5.44. The average Bonchev–Trinajstić information content (AvgIpc) is 2.97. The minimum absolute atomic E-state index is 0.133. The van der Waals surface area contributed by atoms with E-state index in [1.165, 1.54) is 4.31 Å². The Morgan fingerprint density at radius 2 is 1.95 bits per heavy atom. The lowest BCUT2D eigenvalue weighted by molar-refractivity contribution is 0.0601. The molecular weight excluding hydrogens is 308 g/mol. The van der Waals surface area contributed by atoms with Crippen LogP contribution in [0.2, 0.25) is 0 Å². The molecule has 1 aromatic heterocycles. The van der Waals surface area contributed by atoms with Gasteiger partial charge in [0.15, 0.2) is 5.82 Å². The Morgan fingerprint density at radius 1 is 1.32 bits per heavy atom. The van der Waals surface area contributed by atoms with Crippen molar-refractivity contribution in [3.63, 3.8) is 0 Å². The second kappa shape index (κ2) is 7.03. The van der Waals surface area contributed by atoms with Crippen LogP contribution in [0.1, 0.15) is 57.3 Å². The largest absolute Gasteiger partial charge is 0.381 e. The molecule has 1 saturated heterocycles. The zero-order chi connectivity index (χ0) is 16.3. The molecular formula is C13H24N4O4S. The summed E-state index contributed by atoms with van der Waals surface area (Å²) in [5.41, 5.74) is 0. The van der Waals surface area contributed by atoms with Crippen LogP contribution in [0.4, 0.5) is 0 Å². The van der Waals surface area contributed by atoms with Gasteiger partial charge in [0.25, 0.3) is 10.2 Å². The van der Waals surface area contributed by atoms with E-state index < -0.39 is 16.3 Å². The Morgan fingerprint density at radius 3 is 2.45 bits per heavy atom. The summed E-state index contributed by atoms with van der Waals surface area (Å²) in [7, 11) is -1.92. The highest BCUT2D eigenvalue weighted by Gasteiger charge is 2.30. The third-order valence-electron chi connectivity index (χ3n) is 3.74. The fourth-order valence-corrected chi connectivity index (χ4v) is 3.70. The lowest BCUT2D eigenvalue weighted by atomic mass is 10.1. The number of methoxy groups -OCH3 is 1. The molecule has 1 aliphatic heterocycles. The van der Waals surface area contributed by atoms with Gasteiger partial charge in [0, 0.05) is 26.1 Å². The minimum Gasteiger partial charge on any atom is -0.381 e. The van der Waals surface area contributed by atoms with Crippen LogP contribution in [-0.2, 0) is 14.9 Å². The fourth-order valence-electron chi connectivity index (χ4n) is 2.31. The van der Waals surface area contributed by atoms with E-state index in [2.05, 4.69) is 14.9 Å². The monoisotopic (exact) mass is 332 g/mol. The smallest absolute Gasteiger partial charge is 0.280 e. The number of nitrogens with one attached hydrogen (secondary N) is 1. The van der Waals surface area contributed by atoms with Gasteiger partial charge in [-0.3, -0.25) is 0 Å². The Bertz CT molecular complexity index is 579. The zero-order valence-electron chi connectivity index (χ0n) is 13.4. The molecule has 1 fully saturated rings. The molecule has 0 amide bonds. The van der Waals surface area contributed by atoms with Gasteiger partial charge in [0.05, 0.1) is 12.1 Å². The third kappa shape index (κ3) is 4.03. The van der Waals surface area contributed by atoms with Crippen molar-refractivity contribution in [1.29, 1.82) is 0 Å². The van der Waals surface area contributed by atoms with E-state index in [1.807, 2.05) is 13.8 Å². The molecule has 1 N–H and O–H groups in total. The molecule has 0 aliphatic carbocycles. The van der Waals surface area contributed by atoms with Gasteiger partial charge in [0.2, 0.25) is 5.89 Å². The standard InChI is InChI=1S/C13H24N4O4S/c1-9(2)12-14-13(21-15-12)10(3)16-22(18,19)17-7-5-11(20-4)6-8-17/h9-11,16H,5-8H2,1-4H3/t10-/m1/s1. The van der Waals surface area contributed by atoms with E-state index in [9.17, 15) is 8.42 Å². The second-order valence-corrected chi connectivity index (χ2v) is 7.53. The van der Waals surface area contributed by atoms with E-state index in [-0.39, 0.29) is 17.9 Å². The Labute approximate surface area is 131 Å². The van der Waals surface area contributed by atoms with Crippen molar-refractivity contribution < 1.29 is 17.7 Å². The van der Waals surface area contributed by atoms with Gasteiger partial charge in [-0.05, 0) is 19.8 Å². The second-order valence-electron chi connectivity index (χ2n) is 5.82. The van der Waals surface area contributed by atoms with Crippen LogP contribution in [0.15, 0.2) is 4.52 Å². The molecule has 22 heavy (non-hydrogen) atoms. The molecule has 1 aromatic rings. The van der Waals surface area contributed by atoms with Gasteiger partial charge in [-0.25, -0.2) is 0 Å². The highest BCUT2D eigenvalue weighted by molar-refractivity contribution is 7.87. The highest BCUT2D eigenvalue weighted by Crippen LogP contribution is 2.19. The van der Waals surface area contributed by atoms with Crippen LogP contribution in [0.3, 0.4) is 0 Å². The van der Waals surface area contributed by atoms with Crippen LogP contribution in [0.5, 0.6) is 0 Å². The maximum atomic E-state index is 12.4. The van der Waals surface area contributed by atoms with E-state index in [0.29, 0.717) is 31.8 Å².